The number of hydrogen-bond donors (Lipinski definition) is 1. The van der Waals surface area contributed by atoms with Crippen molar-refractivity contribution in [2.45, 2.75) is 19.8 Å². The summed E-state index contributed by atoms with van der Waals surface area (Å²) >= 11 is 0. The molecule has 2 rings (SSSR count). The average molecular weight is 287 g/mol. The summed E-state index contributed by atoms with van der Waals surface area (Å²) < 4.78 is 19.1. The zero-order chi connectivity index (χ0) is 15.1. The first kappa shape index (κ1) is 15.0. The van der Waals surface area contributed by atoms with Gasteiger partial charge in [-0.25, -0.2) is 4.39 Å². The van der Waals surface area contributed by atoms with Crippen molar-refractivity contribution in [1.29, 1.82) is 0 Å². The van der Waals surface area contributed by atoms with Gasteiger partial charge in [0.15, 0.2) is 0 Å². The predicted octanol–water partition coefficient (Wildman–Crippen LogP) is 4.02. The number of carbonyl (C=O) groups excluding carboxylic acids is 1. The molecule has 1 amide bonds. The molecule has 1 aromatic heterocycles. The lowest BCUT2D eigenvalue weighted by atomic mass is 10.1. The molecule has 1 N–H and O–H groups in total. The second-order valence-electron chi connectivity index (χ2n) is 4.66. The minimum Gasteiger partial charge on any atom is -0.457 e. The van der Waals surface area contributed by atoms with Gasteiger partial charge in [-0.2, -0.15) is 0 Å². The topological polar surface area (TPSA) is 42.2 Å². The Morgan fingerprint density at radius 3 is 2.86 bits per heavy atom. The van der Waals surface area contributed by atoms with Crippen molar-refractivity contribution in [2.24, 2.45) is 0 Å². The van der Waals surface area contributed by atoms with Crippen LogP contribution in [0.1, 0.15) is 25.5 Å². The minimum atomic E-state index is -0.334. The quantitative estimate of drug-likeness (QED) is 0.644. The summed E-state index contributed by atoms with van der Waals surface area (Å²) in [4.78, 5) is 11.5. The van der Waals surface area contributed by atoms with E-state index in [0.717, 1.165) is 12.8 Å². The van der Waals surface area contributed by atoms with E-state index in [2.05, 4.69) is 12.2 Å². The van der Waals surface area contributed by atoms with Crippen LogP contribution in [-0.4, -0.2) is 12.5 Å². The maximum Gasteiger partial charge on any atom is 0.244 e. The molecule has 4 heteroatoms. The Morgan fingerprint density at radius 1 is 1.29 bits per heavy atom. The fourth-order valence-corrected chi connectivity index (χ4v) is 1.85. The first-order valence-electron chi connectivity index (χ1n) is 7.01. The maximum absolute atomic E-state index is 13.6. The van der Waals surface area contributed by atoms with Crippen molar-refractivity contribution in [3.05, 3.63) is 54.1 Å². The van der Waals surface area contributed by atoms with Gasteiger partial charge in [0.2, 0.25) is 5.91 Å². The number of halogens is 1. The fourth-order valence-electron chi connectivity index (χ4n) is 1.85. The van der Waals surface area contributed by atoms with Crippen molar-refractivity contribution in [1.82, 2.24) is 5.32 Å². The lowest BCUT2D eigenvalue weighted by molar-refractivity contribution is -0.116. The highest BCUT2D eigenvalue weighted by Crippen LogP contribution is 2.25. The van der Waals surface area contributed by atoms with E-state index in [4.69, 9.17) is 4.42 Å². The Labute approximate surface area is 123 Å². The number of unbranched alkanes of at least 4 members (excludes halogenated alkanes) is 1. The van der Waals surface area contributed by atoms with E-state index >= 15 is 0 Å². The summed E-state index contributed by atoms with van der Waals surface area (Å²) in [6.45, 7) is 2.73. The van der Waals surface area contributed by atoms with Gasteiger partial charge in [0, 0.05) is 12.6 Å². The Kier molecular flexibility index (Phi) is 5.32. The van der Waals surface area contributed by atoms with Crippen LogP contribution in [0.3, 0.4) is 0 Å². The van der Waals surface area contributed by atoms with Gasteiger partial charge in [0.25, 0.3) is 0 Å². The van der Waals surface area contributed by atoms with Gasteiger partial charge in [0.05, 0.1) is 5.56 Å². The van der Waals surface area contributed by atoms with E-state index in [9.17, 15) is 9.18 Å². The molecule has 0 aliphatic rings. The number of rotatable bonds is 6. The second kappa shape index (κ2) is 7.43. The largest absolute Gasteiger partial charge is 0.457 e. The molecular weight excluding hydrogens is 269 g/mol. The number of furan rings is 1. The molecule has 0 aliphatic carbocycles. The molecule has 0 saturated carbocycles. The third-order valence-electron chi connectivity index (χ3n) is 2.99. The molecule has 0 aliphatic heterocycles. The lowest BCUT2D eigenvalue weighted by Gasteiger charge is -1.99. The summed E-state index contributed by atoms with van der Waals surface area (Å²) in [6.07, 6.45) is 4.98. The molecule has 0 atom stereocenters. The van der Waals surface area contributed by atoms with E-state index in [1.54, 1.807) is 36.4 Å². The third-order valence-corrected chi connectivity index (χ3v) is 2.99. The molecule has 2 aromatic rings. The summed E-state index contributed by atoms with van der Waals surface area (Å²) in [6, 6.07) is 9.80. The summed E-state index contributed by atoms with van der Waals surface area (Å²) in [5.41, 5.74) is 0.407. The summed E-state index contributed by atoms with van der Waals surface area (Å²) in [7, 11) is 0. The maximum atomic E-state index is 13.6. The highest BCUT2D eigenvalue weighted by Gasteiger charge is 2.07. The van der Waals surface area contributed by atoms with Crippen LogP contribution < -0.4 is 5.32 Å². The molecule has 21 heavy (non-hydrogen) atoms. The Hall–Kier alpha value is -2.36. The van der Waals surface area contributed by atoms with Crippen molar-refractivity contribution in [2.75, 3.05) is 6.54 Å². The molecule has 0 radical (unpaired) electrons. The second-order valence-corrected chi connectivity index (χ2v) is 4.66. The predicted molar refractivity (Wildman–Crippen MR) is 81.1 cm³/mol. The smallest absolute Gasteiger partial charge is 0.244 e. The van der Waals surface area contributed by atoms with Crippen LogP contribution in [0.15, 0.2) is 46.9 Å². The molecular formula is C17H18FNO2. The number of carbonyl (C=O) groups is 1. The molecule has 0 bridgehead atoms. The van der Waals surface area contributed by atoms with Gasteiger partial charge < -0.3 is 9.73 Å². The molecule has 1 heterocycles. The van der Waals surface area contributed by atoms with Crippen molar-refractivity contribution >= 4 is 12.0 Å². The van der Waals surface area contributed by atoms with Gasteiger partial charge >= 0.3 is 0 Å². The first-order chi connectivity index (χ1) is 10.2. The number of benzene rings is 1. The van der Waals surface area contributed by atoms with E-state index in [1.165, 1.54) is 12.1 Å². The van der Waals surface area contributed by atoms with Crippen LogP contribution in [0.2, 0.25) is 0 Å². The number of nitrogens with one attached hydrogen (secondary N) is 1. The van der Waals surface area contributed by atoms with Crippen LogP contribution in [0.5, 0.6) is 0 Å². The van der Waals surface area contributed by atoms with E-state index in [-0.39, 0.29) is 11.7 Å². The zero-order valence-corrected chi connectivity index (χ0v) is 11.9. The number of amides is 1. The normalized spacial score (nSPS) is 11.0. The Bertz CT molecular complexity index is 631. The van der Waals surface area contributed by atoms with E-state index in [1.807, 2.05) is 0 Å². The van der Waals surface area contributed by atoms with Gasteiger partial charge in [-0.3, -0.25) is 4.79 Å². The van der Waals surface area contributed by atoms with E-state index < -0.39 is 0 Å². The molecule has 0 fully saturated rings. The number of hydrogen-bond acceptors (Lipinski definition) is 2. The third kappa shape index (κ3) is 4.31. The fraction of sp³-hybridized carbons (Fsp3) is 0.235. The highest BCUT2D eigenvalue weighted by molar-refractivity contribution is 5.91. The standard InChI is InChI=1S/C17H18FNO2/c1-2-3-12-19-17(20)11-9-13-8-10-16(21-13)14-6-4-5-7-15(14)18/h4-11H,2-3,12H2,1H3,(H,19,20). The van der Waals surface area contributed by atoms with Gasteiger partial charge in [-0.1, -0.05) is 25.5 Å². The van der Waals surface area contributed by atoms with Gasteiger partial charge in [-0.15, -0.1) is 0 Å². The van der Waals surface area contributed by atoms with Crippen molar-refractivity contribution in [3.63, 3.8) is 0 Å². The molecule has 110 valence electrons. The molecule has 3 nitrogen and oxygen atoms in total. The Balaban J connectivity index is 2.00. The minimum absolute atomic E-state index is 0.160. The molecule has 0 saturated heterocycles. The zero-order valence-electron chi connectivity index (χ0n) is 11.9. The summed E-state index contributed by atoms with van der Waals surface area (Å²) in [5.74, 6) is 0.463. The highest BCUT2D eigenvalue weighted by atomic mass is 19.1. The first-order valence-corrected chi connectivity index (χ1v) is 7.01. The van der Waals surface area contributed by atoms with E-state index in [0.29, 0.717) is 23.6 Å². The SMILES string of the molecule is CCCCNC(=O)C=Cc1ccc(-c2ccccc2F)o1. The van der Waals surface area contributed by atoms with Crippen LogP contribution in [-0.2, 0) is 4.79 Å². The average Bonchev–Trinajstić information content (AvgIpc) is 2.94. The molecule has 1 aromatic carbocycles. The molecule has 0 spiro atoms. The van der Waals surface area contributed by atoms with Crippen LogP contribution >= 0.6 is 0 Å². The lowest BCUT2D eigenvalue weighted by Crippen LogP contribution is -2.21. The van der Waals surface area contributed by atoms with Crippen molar-refractivity contribution < 1.29 is 13.6 Å². The monoisotopic (exact) mass is 287 g/mol. The van der Waals surface area contributed by atoms with Gasteiger partial charge in [0.1, 0.15) is 17.3 Å². The Morgan fingerprint density at radius 2 is 2.10 bits per heavy atom. The van der Waals surface area contributed by atoms with Gasteiger partial charge in [-0.05, 0) is 36.8 Å². The summed E-state index contributed by atoms with van der Waals surface area (Å²) in [5, 5.41) is 2.77. The van der Waals surface area contributed by atoms with Crippen LogP contribution in [0.4, 0.5) is 4.39 Å². The van der Waals surface area contributed by atoms with Crippen LogP contribution in [0.25, 0.3) is 17.4 Å². The molecule has 0 unspecified atom stereocenters. The van der Waals surface area contributed by atoms with Crippen molar-refractivity contribution in [3.8, 4) is 11.3 Å². The van der Waals surface area contributed by atoms with Crippen LogP contribution in [0, 0.1) is 5.82 Å².